The van der Waals surface area contributed by atoms with Crippen molar-refractivity contribution in [3.05, 3.63) is 45.9 Å². The van der Waals surface area contributed by atoms with Crippen LogP contribution in [-0.4, -0.2) is 58.0 Å². The Morgan fingerprint density at radius 1 is 1.12 bits per heavy atom. The number of imide groups is 1. The SMILES string of the molecule is O=C1C2=C(C(=O)c3ccccc31)C1(CS2)NC(=O)N(CCCO)C1=O. The molecule has 1 spiro atoms. The van der Waals surface area contributed by atoms with Gasteiger partial charge in [-0.15, -0.1) is 11.8 Å². The van der Waals surface area contributed by atoms with Crippen molar-refractivity contribution in [3.8, 4) is 0 Å². The average molecular weight is 358 g/mol. The van der Waals surface area contributed by atoms with Gasteiger partial charge in [0.1, 0.15) is 0 Å². The number of carbonyl (C=O) groups is 4. The Balaban J connectivity index is 1.80. The Bertz CT molecular complexity index is 878. The predicted molar refractivity (Wildman–Crippen MR) is 89.3 cm³/mol. The number of nitrogens with one attached hydrogen (secondary N) is 1. The second kappa shape index (κ2) is 5.53. The average Bonchev–Trinajstić information content (AvgIpc) is 3.10. The van der Waals surface area contributed by atoms with Crippen LogP contribution in [0.3, 0.4) is 0 Å². The van der Waals surface area contributed by atoms with E-state index in [1.54, 1.807) is 24.3 Å². The largest absolute Gasteiger partial charge is 0.396 e. The standard InChI is InChI=1S/C17H14N2O5S/c20-7-3-6-19-15(23)17(18-16(19)24)8-25-14-11(17)12(21)9-4-1-2-5-10(9)13(14)22/h1-2,4-5,20H,3,6-8H2,(H,18,24). The predicted octanol–water partition coefficient (Wildman–Crippen LogP) is 0.740. The molecule has 1 unspecified atom stereocenters. The van der Waals surface area contributed by atoms with Gasteiger partial charge in [-0.05, 0) is 6.42 Å². The van der Waals surface area contributed by atoms with Gasteiger partial charge in [-0.2, -0.15) is 0 Å². The van der Waals surface area contributed by atoms with Crippen molar-refractivity contribution in [1.82, 2.24) is 10.2 Å². The lowest BCUT2D eigenvalue weighted by Crippen LogP contribution is -2.52. The summed E-state index contributed by atoms with van der Waals surface area (Å²) in [5, 5.41) is 11.6. The highest BCUT2D eigenvalue weighted by Crippen LogP contribution is 2.47. The summed E-state index contributed by atoms with van der Waals surface area (Å²) >= 11 is 1.13. The summed E-state index contributed by atoms with van der Waals surface area (Å²) in [7, 11) is 0. The van der Waals surface area contributed by atoms with E-state index in [-0.39, 0.29) is 47.2 Å². The molecule has 1 atom stereocenters. The minimum absolute atomic E-state index is 0.0644. The van der Waals surface area contributed by atoms with E-state index in [9.17, 15) is 19.2 Å². The molecule has 3 amide bonds. The maximum atomic E-state index is 13.0. The lowest BCUT2D eigenvalue weighted by atomic mass is 9.79. The molecule has 1 aromatic carbocycles. The minimum Gasteiger partial charge on any atom is -0.396 e. The molecular weight excluding hydrogens is 344 g/mol. The molecule has 128 valence electrons. The zero-order valence-corrected chi connectivity index (χ0v) is 13.9. The van der Waals surface area contributed by atoms with E-state index in [0.717, 1.165) is 16.7 Å². The van der Waals surface area contributed by atoms with Crippen molar-refractivity contribution >= 4 is 35.3 Å². The molecule has 4 rings (SSSR count). The minimum atomic E-state index is -1.49. The van der Waals surface area contributed by atoms with Crippen molar-refractivity contribution in [3.63, 3.8) is 0 Å². The second-order valence-corrected chi connectivity index (χ2v) is 7.05. The Morgan fingerprint density at radius 3 is 2.48 bits per heavy atom. The van der Waals surface area contributed by atoms with E-state index in [4.69, 9.17) is 5.11 Å². The van der Waals surface area contributed by atoms with Gasteiger partial charge in [0.05, 0.1) is 10.5 Å². The molecule has 0 bridgehead atoms. The van der Waals surface area contributed by atoms with Crippen molar-refractivity contribution < 1.29 is 24.3 Å². The van der Waals surface area contributed by atoms with Crippen molar-refractivity contribution in [2.45, 2.75) is 12.0 Å². The molecule has 7 nitrogen and oxygen atoms in total. The number of benzene rings is 1. The maximum absolute atomic E-state index is 13.0. The molecule has 2 aliphatic heterocycles. The van der Waals surface area contributed by atoms with Crippen LogP contribution in [0, 0.1) is 0 Å². The van der Waals surface area contributed by atoms with Gasteiger partial charge in [-0.25, -0.2) is 4.79 Å². The number of Topliss-reactive ketones (excluding diaryl/α,β-unsaturated/α-hetero) is 2. The van der Waals surface area contributed by atoms with E-state index >= 15 is 0 Å². The summed E-state index contributed by atoms with van der Waals surface area (Å²) in [6.07, 6.45) is 0.254. The van der Waals surface area contributed by atoms with Crippen LogP contribution in [0.1, 0.15) is 27.1 Å². The number of hydrogen-bond acceptors (Lipinski definition) is 6. The monoisotopic (exact) mass is 358 g/mol. The number of aliphatic hydroxyl groups is 1. The van der Waals surface area contributed by atoms with Gasteiger partial charge in [-0.1, -0.05) is 24.3 Å². The number of thioether (sulfide) groups is 1. The van der Waals surface area contributed by atoms with Crippen LogP contribution >= 0.6 is 11.8 Å². The lowest BCUT2D eigenvalue weighted by molar-refractivity contribution is -0.129. The molecule has 2 N–H and O–H groups in total. The molecule has 8 heteroatoms. The Morgan fingerprint density at radius 2 is 1.80 bits per heavy atom. The molecule has 2 heterocycles. The van der Waals surface area contributed by atoms with E-state index in [1.807, 2.05) is 0 Å². The fourth-order valence-corrected chi connectivity index (χ4v) is 4.81. The van der Waals surface area contributed by atoms with E-state index in [0.29, 0.717) is 5.56 Å². The fraction of sp³-hybridized carbons (Fsp3) is 0.294. The summed E-state index contributed by atoms with van der Waals surface area (Å²) in [6, 6.07) is 5.89. The van der Waals surface area contributed by atoms with Crippen molar-refractivity contribution in [2.24, 2.45) is 0 Å². The highest BCUT2D eigenvalue weighted by Gasteiger charge is 2.60. The number of ketones is 2. The van der Waals surface area contributed by atoms with Crippen LogP contribution in [0.25, 0.3) is 0 Å². The van der Waals surface area contributed by atoms with Crippen molar-refractivity contribution in [2.75, 3.05) is 18.9 Å². The van der Waals surface area contributed by atoms with Gasteiger partial charge in [-0.3, -0.25) is 19.3 Å². The topological polar surface area (TPSA) is 104 Å². The first-order valence-corrected chi connectivity index (χ1v) is 8.81. The molecule has 25 heavy (non-hydrogen) atoms. The molecular formula is C17H14N2O5S. The molecule has 0 radical (unpaired) electrons. The number of amides is 3. The zero-order valence-electron chi connectivity index (χ0n) is 13.1. The van der Waals surface area contributed by atoms with Crippen LogP contribution in [0.5, 0.6) is 0 Å². The van der Waals surface area contributed by atoms with Gasteiger partial charge >= 0.3 is 6.03 Å². The number of allylic oxidation sites excluding steroid dienone is 1. The van der Waals surface area contributed by atoms with Gasteiger partial charge in [0.25, 0.3) is 5.91 Å². The summed E-state index contributed by atoms with van der Waals surface area (Å²) < 4.78 is 0. The summed E-state index contributed by atoms with van der Waals surface area (Å²) in [4.78, 5) is 52.1. The molecule has 1 aromatic rings. The number of hydrogen-bond donors (Lipinski definition) is 2. The molecule has 1 aliphatic carbocycles. The lowest BCUT2D eigenvalue weighted by Gasteiger charge is -2.25. The number of fused-ring (bicyclic) bond motifs is 2. The van der Waals surface area contributed by atoms with Crippen LogP contribution in [0.15, 0.2) is 34.7 Å². The van der Waals surface area contributed by atoms with E-state index in [2.05, 4.69) is 5.32 Å². The van der Waals surface area contributed by atoms with Crippen LogP contribution < -0.4 is 5.32 Å². The van der Waals surface area contributed by atoms with Gasteiger partial charge in [0.15, 0.2) is 11.3 Å². The van der Waals surface area contributed by atoms with Crippen LogP contribution in [0.4, 0.5) is 4.79 Å². The number of urea groups is 1. The first kappa shape index (κ1) is 16.0. The molecule has 1 saturated heterocycles. The van der Waals surface area contributed by atoms with Crippen LogP contribution in [0.2, 0.25) is 0 Å². The van der Waals surface area contributed by atoms with Crippen LogP contribution in [-0.2, 0) is 4.79 Å². The summed E-state index contributed by atoms with van der Waals surface area (Å²) in [6.45, 7) is -0.0908. The molecule has 0 aromatic heterocycles. The first-order valence-electron chi connectivity index (χ1n) is 7.82. The smallest absolute Gasteiger partial charge is 0.325 e. The fourth-order valence-electron chi connectivity index (χ4n) is 3.46. The third-order valence-corrected chi connectivity index (χ3v) is 5.91. The highest BCUT2D eigenvalue weighted by atomic mass is 32.2. The van der Waals surface area contributed by atoms with Crippen molar-refractivity contribution in [1.29, 1.82) is 0 Å². The molecule has 0 saturated carbocycles. The summed E-state index contributed by atoms with van der Waals surface area (Å²) in [5.41, 5.74) is -0.841. The normalized spacial score (nSPS) is 24.9. The number of aliphatic hydroxyl groups excluding tert-OH is 1. The highest BCUT2D eigenvalue weighted by molar-refractivity contribution is 8.04. The molecule has 3 aliphatic rings. The number of carbonyl (C=O) groups excluding carboxylic acids is 4. The second-order valence-electron chi connectivity index (χ2n) is 6.07. The third kappa shape index (κ3) is 2.04. The van der Waals surface area contributed by atoms with Gasteiger partial charge in [0.2, 0.25) is 5.78 Å². The third-order valence-electron chi connectivity index (χ3n) is 4.65. The van der Waals surface area contributed by atoms with Gasteiger partial charge in [0, 0.05) is 30.0 Å². The quantitative estimate of drug-likeness (QED) is 0.773. The first-order chi connectivity index (χ1) is 12.0. The Hall–Kier alpha value is -2.45. The Kier molecular flexibility index (Phi) is 3.55. The van der Waals surface area contributed by atoms with E-state index < -0.39 is 23.3 Å². The van der Waals surface area contributed by atoms with E-state index in [1.165, 1.54) is 0 Å². The number of nitrogens with zero attached hydrogens (tertiary/aromatic N) is 1. The summed E-state index contributed by atoms with van der Waals surface area (Å²) in [5.74, 6) is -1.11. The Labute approximate surface area is 147 Å². The van der Waals surface area contributed by atoms with Gasteiger partial charge < -0.3 is 10.4 Å². The zero-order chi connectivity index (χ0) is 17.8. The number of rotatable bonds is 3. The maximum Gasteiger partial charge on any atom is 0.325 e. The molecule has 1 fully saturated rings.